The van der Waals surface area contributed by atoms with Gasteiger partial charge in [0.15, 0.2) is 4.83 Å². The third kappa shape index (κ3) is 4.29. The number of allylic oxidation sites excluding steroid dienone is 1. The standard InChI is InChI=1S/C22H23N3O3S2/c1-13(2)11-25-21(28)19-16-5-3-4-6-17(16)30-20(19)24-22(25)29-12-18(27)23-14-7-9-15(26)10-8-14/h7-10,26H,1,3-6,11-12H2,2H3,(H,23,27)/p+1. The van der Waals surface area contributed by atoms with Crippen molar-refractivity contribution < 1.29 is 14.9 Å². The minimum atomic E-state index is -0.181. The van der Waals surface area contributed by atoms with E-state index in [-0.39, 0.29) is 23.0 Å². The average molecular weight is 443 g/mol. The Balaban J connectivity index is 1.62. The van der Waals surface area contributed by atoms with Crippen molar-refractivity contribution in [3.63, 3.8) is 0 Å². The molecule has 0 saturated carbocycles. The highest BCUT2D eigenvalue weighted by atomic mass is 32.2. The van der Waals surface area contributed by atoms with Gasteiger partial charge in [0.2, 0.25) is 5.91 Å². The second-order valence-corrected chi connectivity index (χ2v) is 9.65. The van der Waals surface area contributed by atoms with Gasteiger partial charge in [0.1, 0.15) is 17.7 Å². The Morgan fingerprint density at radius 2 is 2.03 bits per heavy atom. The number of phenolic OH excluding ortho intramolecular Hbond substituents is 1. The molecule has 30 heavy (non-hydrogen) atoms. The first-order valence-corrected chi connectivity index (χ1v) is 11.7. The zero-order valence-electron chi connectivity index (χ0n) is 16.8. The Hall–Kier alpha value is -2.58. The van der Waals surface area contributed by atoms with Crippen LogP contribution in [0.5, 0.6) is 5.75 Å². The normalized spacial score (nSPS) is 13.2. The maximum Gasteiger partial charge on any atom is 0.347 e. The fourth-order valence-electron chi connectivity index (χ4n) is 3.68. The molecule has 0 saturated heterocycles. The van der Waals surface area contributed by atoms with Gasteiger partial charge in [-0.1, -0.05) is 17.9 Å². The van der Waals surface area contributed by atoms with Crippen molar-refractivity contribution in [2.45, 2.75) is 44.3 Å². The molecule has 3 N–H and O–H groups in total. The predicted molar refractivity (Wildman–Crippen MR) is 122 cm³/mol. The number of phenols is 1. The fraction of sp³-hybridized carbons (Fsp3) is 0.318. The van der Waals surface area contributed by atoms with Crippen molar-refractivity contribution in [1.82, 2.24) is 4.57 Å². The van der Waals surface area contributed by atoms with Crippen LogP contribution in [0, 0.1) is 0 Å². The van der Waals surface area contributed by atoms with Gasteiger partial charge in [0.25, 0.3) is 0 Å². The number of amides is 1. The summed E-state index contributed by atoms with van der Waals surface area (Å²) in [4.78, 5) is 31.4. The average Bonchev–Trinajstić information content (AvgIpc) is 3.09. The SMILES string of the molecule is C=C(C)Cn1c(SCC(=O)Nc2ccc(O)cc2)[nH+]c2sc3c(c2c1=O)CCCC3. The zero-order valence-corrected chi connectivity index (χ0v) is 18.4. The van der Waals surface area contributed by atoms with Gasteiger partial charge in [-0.15, -0.1) is 0 Å². The number of fused-ring (bicyclic) bond motifs is 3. The summed E-state index contributed by atoms with van der Waals surface area (Å²) in [7, 11) is 0. The number of nitrogens with one attached hydrogen (secondary N) is 2. The molecule has 0 atom stereocenters. The number of H-pyrrole nitrogens is 1. The summed E-state index contributed by atoms with van der Waals surface area (Å²) in [5.74, 6) is 0.121. The van der Waals surface area contributed by atoms with Crippen LogP contribution in [0.4, 0.5) is 5.69 Å². The number of carbonyl (C=O) groups is 1. The molecule has 0 radical (unpaired) electrons. The van der Waals surface area contributed by atoms with Gasteiger partial charge in [0, 0.05) is 10.6 Å². The van der Waals surface area contributed by atoms with Gasteiger partial charge < -0.3 is 10.4 Å². The highest BCUT2D eigenvalue weighted by Crippen LogP contribution is 2.33. The first kappa shape index (κ1) is 20.7. The maximum atomic E-state index is 13.4. The number of thiophene rings is 1. The first-order chi connectivity index (χ1) is 14.4. The lowest BCUT2D eigenvalue weighted by Crippen LogP contribution is -2.31. The van der Waals surface area contributed by atoms with Crippen LogP contribution in [0.1, 0.15) is 30.2 Å². The van der Waals surface area contributed by atoms with E-state index >= 15 is 0 Å². The summed E-state index contributed by atoms with van der Waals surface area (Å²) in [5, 5.41) is 13.6. The highest BCUT2D eigenvalue weighted by Gasteiger charge is 2.26. The molecule has 3 aromatic rings. The number of hydrogen-bond acceptors (Lipinski definition) is 5. The van der Waals surface area contributed by atoms with Crippen LogP contribution >= 0.6 is 23.1 Å². The maximum absolute atomic E-state index is 13.4. The number of benzene rings is 1. The van der Waals surface area contributed by atoms with Crippen molar-refractivity contribution in [1.29, 1.82) is 0 Å². The molecule has 0 unspecified atom stereocenters. The molecular formula is C22H24N3O3S2+. The molecule has 156 valence electrons. The summed E-state index contributed by atoms with van der Waals surface area (Å²) >= 11 is 2.97. The largest absolute Gasteiger partial charge is 0.508 e. The van der Waals surface area contributed by atoms with E-state index in [2.05, 4.69) is 16.9 Å². The molecule has 6 nitrogen and oxygen atoms in total. The summed E-state index contributed by atoms with van der Waals surface area (Å²) in [6.07, 6.45) is 4.26. The number of hydrogen-bond donors (Lipinski definition) is 2. The van der Waals surface area contributed by atoms with Gasteiger partial charge >= 0.3 is 10.7 Å². The smallest absolute Gasteiger partial charge is 0.347 e. The van der Waals surface area contributed by atoms with Crippen LogP contribution in [0.15, 0.2) is 46.4 Å². The van der Waals surface area contributed by atoms with Crippen molar-refractivity contribution in [3.8, 4) is 5.75 Å². The fourth-order valence-corrected chi connectivity index (χ4v) is 5.84. The summed E-state index contributed by atoms with van der Waals surface area (Å²) in [6, 6.07) is 6.33. The highest BCUT2D eigenvalue weighted by molar-refractivity contribution is 7.99. The number of aryl methyl sites for hydroxylation is 2. The van der Waals surface area contributed by atoms with E-state index in [0.29, 0.717) is 17.4 Å². The topological polar surface area (TPSA) is 85.5 Å². The number of nitrogens with zero attached hydrogens (tertiary/aromatic N) is 1. The first-order valence-electron chi connectivity index (χ1n) is 9.89. The van der Waals surface area contributed by atoms with Crippen molar-refractivity contribution in [2.24, 2.45) is 0 Å². The predicted octanol–water partition coefficient (Wildman–Crippen LogP) is 3.77. The molecule has 0 spiro atoms. The third-order valence-corrected chi connectivity index (χ3v) is 7.22. The second-order valence-electron chi connectivity index (χ2n) is 7.58. The third-order valence-electron chi connectivity index (χ3n) is 5.02. The molecule has 0 aliphatic heterocycles. The van der Waals surface area contributed by atoms with Crippen LogP contribution < -0.4 is 15.9 Å². The van der Waals surface area contributed by atoms with Gasteiger partial charge in [-0.05, 0) is 79.8 Å². The van der Waals surface area contributed by atoms with Crippen LogP contribution in [0.25, 0.3) is 10.2 Å². The minimum Gasteiger partial charge on any atom is -0.508 e. The molecule has 1 amide bonds. The van der Waals surface area contributed by atoms with Crippen LogP contribution in [0.2, 0.25) is 0 Å². The van der Waals surface area contributed by atoms with Gasteiger partial charge in [-0.25, -0.2) is 9.78 Å². The van der Waals surface area contributed by atoms with E-state index in [9.17, 15) is 14.7 Å². The molecule has 2 heterocycles. The Kier molecular flexibility index (Phi) is 5.97. The second kappa shape index (κ2) is 8.65. The quantitative estimate of drug-likeness (QED) is 0.263. The van der Waals surface area contributed by atoms with E-state index in [4.69, 9.17) is 0 Å². The molecule has 0 bridgehead atoms. The Labute approximate surface area is 182 Å². The zero-order chi connectivity index (χ0) is 21.3. The molecule has 1 aliphatic rings. The van der Waals surface area contributed by atoms with Gasteiger partial charge in [0.05, 0.1) is 5.75 Å². The number of rotatable bonds is 6. The number of anilines is 1. The number of aromatic nitrogens is 2. The Morgan fingerprint density at radius 3 is 2.77 bits per heavy atom. The van der Waals surface area contributed by atoms with Crippen molar-refractivity contribution in [2.75, 3.05) is 11.1 Å². The molecule has 4 rings (SSSR count). The van der Waals surface area contributed by atoms with E-state index < -0.39 is 0 Å². The van der Waals surface area contributed by atoms with E-state index in [0.717, 1.165) is 35.1 Å². The summed E-state index contributed by atoms with van der Waals surface area (Å²) in [6.45, 7) is 6.28. The number of thioether (sulfide) groups is 1. The van der Waals surface area contributed by atoms with Crippen LogP contribution in [0.3, 0.4) is 0 Å². The molecule has 2 aromatic heterocycles. The van der Waals surface area contributed by atoms with Gasteiger partial charge in [-0.2, -0.15) is 4.57 Å². The number of carbonyl (C=O) groups excluding carboxylic acids is 1. The monoisotopic (exact) mass is 442 g/mol. The van der Waals surface area contributed by atoms with E-state index in [1.165, 1.54) is 40.8 Å². The van der Waals surface area contributed by atoms with Crippen LogP contribution in [-0.4, -0.2) is 21.3 Å². The van der Waals surface area contributed by atoms with E-state index in [1.54, 1.807) is 28.0 Å². The molecule has 0 fully saturated rings. The Bertz CT molecular complexity index is 1180. The number of aromatic amines is 1. The van der Waals surface area contributed by atoms with Crippen LogP contribution in [-0.2, 0) is 24.2 Å². The minimum absolute atomic E-state index is 0.00686. The molecule has 1 aliphatic carbocycles. The summed E-state index contributed by atoms with van der Waals surface area (Å²) in [5.41, 5.74) is 2.68. The Morgan fingerprint density at radius 1 is 1.30 bits per heavy atom. The molecule has 8 heteroatoms. The van der Waals surface area contributed by atoms with Gasteiger partial charge in [-0.3, -0.25) is 4.79 Å². The summed E-state index contributed by atoms with van der Waals surface area (Å²) < 4.78 is 1.70. The number of aromatic hydroxyl groups is 1. The molecule has 1 aromatic carbocycles. The molecular weight excluding hydrogens is 418 g/mol. The lowest BCUT2D eigenvalue weighted by Gasteiger charge is -2.10. The van der Waals surface area contributed by atoms with E-state index in [1.807, 2.05) is 6.92 Å². The van der Waals surface area contributed by atoms with Crippen molar-refractivity contribution >= 4 is 44.9 Å². The lowest BCUT2D eigenvalue weighted by atomic mass is 9.97. The van der Waals surface area contributed by atoms with Crippen molar-refractivity contribution in [3.05, 3.63) is 57.2 Å². The lowest BCUT2D eigenvalue weighted by molar-refractivity contribution is -0.404.